The van der Waals surface area contributed by atoms with Crippen LogP contribution in [0.1, 0.15) is 68.6 Å². The van der Waals surface area contributed by atoms with Gasteiger partial charge in [-0.15, -0.1) is 0 Å². The molecule has 1 nitrogen and oxygen atoms in total. The van der Waals surface area contributed by atoms with Gasteiger partial charge >= 0.3 is 0 Å². The van der Waals surface area contributed by atoms with E-state index in [2.05, 4.69) is 6.92 Å². The van der Waals surface area contributed by atoms with Crippen LogP contribution in [0.3, 0.4) is 0 Å². The van der Waals surface area contributed by atoms with E-state index in [-0.39, 0.29) is 11.7 Å². The molecule has 3 aromatic rings. The molecule has 3 aromatic carbocycles. The Bertz CT molecular complexity index is 1100. The number of rotatable bonds is 8. The zero-order valence-corrected chi connectivity index (χ0v) is 20.0. The Labute approximate surface area is 201 Å². The van der Waals surface area contributed by atoms with E-state index < -0.39 is 11.6 Å². The van der Waals surface area contributed by atoms with Crippen LogP contribution in [0, 0.1) is 23.4 Å². The molecule has 1 saturated carbocycles. The standard InChI is InChI=1S/C30H33F3O/c1-3-20-5-10-23(11-6-20)27-17-15-24(29(32)30(27)33)14-9-21-7-12-22(13-8-21)26-18-16-25(34-4-2)19-28(26)31/h5-6,10-11,15-19,21-22H,3-4,7-9,12-14H2,1-2H3. The molecule has 0 aliphatic heterocycles. The molecule has 0 unspecified atom stereocenters. The summed E-state index contributed by atoms with van der Waals surface area (Å²) < 4.78 is 49.6. The number of hydrogen-bond acceptors (Lipinski definition) is 1. The smallest absolute Gasteiger partial charge is 0.166 e. The first-order valence-corrected chi connectivity index (χ1v) is 12.5. The molecule has 0 bridgehead atoms. The van der Waals surface area contributed by atoms with E-state index in [1.54, 1.807) is 12.1 Å². The fourth-order valence-electron chi connectivity index (χ4n) is 5.14. The first-order valence-electron chi connectivity index (χ1n) is 12.5. The maximum Gasteiger partial charge on any atom is 0.166 e. The van der Waals surface area contributed by atoms with Crippen molar-refractivity contribution in [2.75, 3.05) is 6.61 Å². The fourth-order valence-corrected chi connectivity index (χ4v) is 5.14. The summed E-state index contributed by atoms with van der Waals surface area (Å²) in [6, 6.07) is 16.2. The molecule has 0 N–H and O–H groups in total. The first-order chi connectivity index (χ1) is 16.5. The van der Waals surface area contributed by atoms with E-state index in [1.807, 2.05) is 43.3 Å². The second-order valence-corrected chi connectivity index (χ2v) is 9.32. The van der Waals surface area contributed by atoms with Gasteiger partial charge in [0.25, 0.3) is 0 Å². The van der Waals surface area contributed by atoms with E-state index in [0.29, 0.717) is 41.4 Å². The average Bonchev–Trinajstić information content (AvgIpc) is 2.86. The van der Waals surface area contributed by atoms with Crippen LogP contribution in [-0.2, 0) is 12.8 Å². The third kappa shape index (κ3) is 5.48. The third-order valence-corrected chi connectivity index (χ3v) is 7.23. The Morgan fingerprint density at radius 3 is 2.21 bits per heavy atom. The molecule has 0 aromatic heterocycles. The van der Waals surface area contributed by atoms with Crippen LogP contribution in [0.4, 0.5) is 13.2 Å². The Hall–Kier alpha value is -2.75. The van der Waals surface area contributed by atoms with Crippen LogP contribution in [-0.4, -0.2) is 6.61 Å². The van der Waals surface area contributed by atoms with Crippen molar-refractivity contribution < 1.29 is 17.9 Å². The highest BCUT2D eigenvalue weighted by Crippen LogP contribution is 2.39. The summed E-state index contributed by atoms with van der Waals surface area (Å²) in [5.74, 6) is -0.476. The lowest BCUT2D eigenvalue weighted by atomic mass is 9.76. The molecule has 1 fully saturated rings. The largest absolute Gasteiger partial charge is 0.494 e. The van der Waals surface area contributed by atoms with Gasteiger partial charge in [-0.3, -0.25) is 0 Å². The molecule has 1 aliphatic carbocycles. The normalized spacial score (nSPS) is 18.1. The topological polar surface area (TPSA) is 9.23 Å². The van der Waals surface area contributed by atoms with Crippen molar-refractivity contribution in [3.8, 4) is 16.9 Å². The van der Waals surface area contributed by atoms with E-state index in [9.17, 15) is 13.2 Å². The quantitative estimate of drug-likeness (QED) is 0.323. The molecule has 0 amide bonds. The summed E-state index contributed by atoms with van der Waals surface area (Å²) in [5.41, 5.74) is 3.37. The van der Waals surface area contributed by atoms with Crippen molar-refractivity contribution in [3.05, 3.63) is 88.7 Å². The minimum absolute atomic E-state index is 0.198. The molecule has 4 rings (SSSR count). The van der Waals surface area contributed by atoms with Gasteiger partial charge in [-0.25, -0.2) is 13.2 Å². The van der Waals surface area contributed by atoms with E-state index in [4.69, 9.17) is 4.74 Å². The number of ether oxygens (including phenoxy) is 1. The summed E-state index contributed by atoms with van der Waals surface area (Å²) in [6.07, 6.45) is 6.03. The van der Waals surface area contributed by atoms with Gasteiger partial charge in [0, 0.05) is 11.6 Å². The predicted molar refractivity (Wildman–Crippen MR) is 132 cm³/mol. The van der Waals surface area contributed by atoms with Gasteiger partial charge < -0.3 is 4.74 Å². The van der Waals surface area contributed by atoms with Gasteiger partial charge in [0.15, 0.2) is 11.6 Å². The molecule has 0 saturated heterocycles. The minimum atomic E-state index is -0.767. The Balaban J connectivity index is 1.34. The molecule has 180 valence electrons. The molecule has 4 heteroatoms. The number of hydrogen-bond donors (Lipinski definition) is 0. The molecule has 0 atom stereocenters. The summed E-state index contributed by atoms with van der Waals surface area (Å²) >= 11 is 0. The van der Waals surface area contributed by atoms with E-state index in [1.165, 1.54) is 11.6 Å². The SMILES string of the molecule is CCOc1ccc(C2CCC(CCc3ccc(-c4ccc(CC)cc4)c(F)c3F)CC2)c(F)c1. The molecule has 0 heterocycles. The third-order valence-electron chi connectivity index (χ3n) is 7.23. The molecule has 0 radical (unpaired) electrons. The second-order valence-electron chi connectivity index (χ2n) is 9.32. The van der Waals surface area contributed by atoms with E-state index >= 15 is 0 Å². The maximum atomic E-state index is 14.8. The van der Waals surface area contributed by atoms with Crippen LogP contribution in [0.2, 0.25) is 0 Å². The van der Waals surface area contributed by atoms with Gasteiger partial charge in [-0.1, -0.05) is 49.4 Å². The lowest BCUT2D eigenvalue weighted by Gasteiger charge is -2.29. The molecule has 1 aliphatic rings. The Morgan fingerprint density at radius 1 is 0.824 bits per heavy atom. The van der Waals surface area contributed by atoms with Gasteiger partial charge in [-0.05, 0) is 92.0 Å². The average molecular weight is 467 g/mol. The second kappa shape index (κ2) is 11.1. The van der Waals surface area contributed by atoms with Crippen LogP contribution in [0.25, 0.3) is 11.1 Å². The number of benzene rings is 3. The lowest BCUT2D eigenvalue weighted by Crippen LogP contribution is -2.15. The number of aryl methyl sites for hydroxylation is 2. The van der Waals surface area contributed by atoms with Gasteiger partial charge in [0.1, 0.15) is 11.6 Å². The van der Waals surface area contributed by atoms with Crippen molar-refractivity contribution in [2.45, 2.75) is 64.7 Å². The molecular formula is C30H33F3O. The minimum Gasteiger partial charge on any atom is -0.494 e. The zero-order valence-electron chi connectivity index (χ0n) is 20.0. The fraction of sp³-hybridized carbons (Fsp3) is 0.400. The predicted octanol–water partition coefficient (Wildman–Crippen LogP) is 8.64. The van der Waals surface area contributed by atoms with Crippen LogP contribution < -0.4 is 4.74 Å². The lowest BCUT2D eigenvalue weighted by molar-refractivity contribution is 0.304. The van der Waals surface area contributed by atoms with Gasteiger partial charge in [0.2, 0.25) is 0 Å². The Morgan fingerprint density at radius 2 is 1.56 bits per heavy atom. The summed E-state index contributed by atoms with van der Waals surface area (Å²) in [5, 5.41) is 0. The van der Waals surface area contributed by atoms with Gasteiger partial charge in [-0.2, -0.15) is 0 Å². The summed E-state index contributed by atoms with van der Waals surface area (Å²) in [7, 11) is 0. The van der Waals surface area contributed by atoms with Crippen LogP contribution >= 0.6 is 0 Å². The summed E-state index contributed by atoms with van der Waals surface area (Å²) in [4.78, 5) is 0. The summed E-state index contributed by atoms with van der Waals surface area (Å²) in [6.45, 7) is 4.46. The number of halogens is 3. The Kier molecular flexibility index (Phi) is 7.97. The van der Waals surface area contributed by atoms with Crippen molar-refractivity contribution >= 4 is 0 Å². The van der Waals surface area contributed by atoms with Crippen molar-refractivity contribution in [3.63, 3.8) is 0 Å². The zero-order chi connectivity index (χ0) is 24.1. The van der Waals surface area contributed by atoms with Crippen molar-refractivity contribution in [2.24, 2.45) is 5.92 Å². The highest BCUT2D eigenvalue weighted by Gasteiger charge is 2.25. The molecule has 34 heavy (non-hydrogen) atoms. The van der Waals surface area contributed by atoms with Crippen LogP contribution in [0.5, 0.6) is 5.75 Å². The van der Waals surface area contributed by atoms with E-state index in [0.717, 1.165) is 44.1 Å². The van der Waals surface area contributed by atoms with Crippen molar-refractivity contribution in [1.29, 1.82) is 0 Å². The highest BCUT2D eigenvalue weighted by molar-refractivity contribution is 5.65. The molecular weight excluding hydrogens is 433 g/mol. The highest BCUT2D eigenvalue weighted by atomic mass is 19.2. The van der Waals surface area contributed by atoms with Crippen molar-refractivity contribution in [1.82, 2.24) is 0 Å². The van der Waals surface area contributed by atoms with Gasteiger partial charge in [0.05, 0.1) is 6.61 Å². The first kappa shape index (κ1) is 24.4. The molecule has 0 spiro atoms. The monoisotopic (exact) mass is 466 g/mol. The van der Waals surface area contributed by atoms with Crippen LogP contribution in [0.15, 0.2) is 54.6 Å². The maximum absolute atomic E-state index is 14.8.